The summed E-state index contributed by atoms with van der Waals surface area (Å²) in [6, 6.07) is 20.1. The lowest BCUT2D eigenvalue weighted by atomic mass is 9.81. The Labute approximate surface area is 583 Å². The number of ether oxygens (including phenoxy) is 6. The zero-order valence-electron chi connectivity index (χ0n) is 56.7. The molecular weight excluding hydrogens is 1330 g/mol. The number of amides is 5. The minimum atomic E-state index is -2.12. The molecule has 4 aliphatic heterocycles. The molecule has 0 unspecified atom stereocenters. The number of hydrogen-bond donors (Lipinski definition) is 9. The molecule has 1 aliphatic carbocycles. The predicted molar refractivity (Wildman–Crippen MR) is 360 cm³/mol. The molecule has 30 heteroatoms. The van der Waals surface area contributed by atoms with Crippen LogP contribution in [0.1, 0.15) is 128 Å². The average molecular weight is 1410 g/mol. The van der Waals surface area contributed by atoms with Gasteiger partial charge in [-0.25, -0.2) is 28.4 Å². The van der Waals surface area contributed by atoms with Gasteiger partial charge in [0.15, 0.2) is 11.7 Å². The summed E-state index contributed by atoms with van der Waals surface area (Å²) in [6.07, 6.45) is -10.3. The third-order valence-electron chi connectivity index (χ3n) is 19.3. The highest BCUT2D eigenvalue weighted by Gasteiger charge is 2.49. The van der Waals surface area contributed by atoms with Crippen molar-refractivity contribution in [1.29, 1.82) is 0 Å². The first-order chi connectivity index (χ1) is 49.0. The van der Waals surface area contributed by atoms with Crippen molar-refractivity contribution in [2.24, 2.45) is 0 Å². The van der Waals surface area contributed by atoms with E-state index in [2.05, 4.69) is 31.6 Å². The summed E-state index contributed by atoms with van der Waals surface area (Å²) in [6.45, 7) is 6.33. The van der Waals surface area contributed by atoms with Crippen LogP contribution in [0.5, 0.6) is 5.75 Å². The molecule has 9 N–H and O–H groups in total. The van der Waals surface area contributed by atoms with Crippen LogP contribution in [-0.2, 0) is 97.3 Å². The number of para-hydroxylation sites is 1. The largest absolute Gasteiger partial charge is 0.479 e. The van der Waals surface area contributed by atoms with Gasteiger partial charge in [0, 0.05) is 84.8 Å². The maximum absolute atomic E-state index is 15.7. The molecule has 0 spiro atoms. The van der Waals surface area contributed by atoms with Crippen molar-refractivity contribution in [3.8, 4) is 39.7 Å². The van der Waals surface area contributed by atoms with Gasteiger partial charge in [-0.15, -0.1) is 5.10 Å². The molecule has 4 aromatic carbocycles. The van der Waals surface area contributed by atoms with E-state index in [4.69, 9.17) is 33.4 Å². The lowest BCUT2D eigenvalue weighted by molar-refractivity contribution is -0.271. The topological polar surface area (TPSA) is 393 Å². The number of unbranched alkanes of at least 4 members (excludes halogenated alkanes) is 1. The number of halogens is 1. The van der Waals surface area contributed by atoms with Gasteiger partial charge in [-0.2, -0.15) is 0 Å². The van der Waals surface area contributed by atoms with Crippen molar-refractivity contribution in [3.63, 3.8) is 0 Å². The monoisotopic (exact) mass is 1410 g/mol. The SMILES string of the molecule is CC[C@@]1(O)C(=O)OCc2c1cc1n(c2=O)Cc2c-1nc1cc(F)c(C)c3c1c2[C@@H](NC(=O)OCc1ccc(O[C@@H]2O[C@H](C(=O)O)[C@@H](O)[C@H](O)[C@H]2O)c(CNC(=O)[C@H](CNC(=O)CCOCCOC)NC(=O)CCCCC(=O)N2Cc4ccccc4-c4c(nnn4C(C)C)-c4ccccc42)c1)CC3. The first kappa shape index (κ1) is 71.7. The van der Waals surface area contributed by atoms with Crippen molar-refractivity contribution >= 4 is 58.3 Å². The van der Waals surface area contributed by atoms with E-state index in [0.717, 1.165) is 22.4 Å². The Morgan fingerprint density at radius 2 is 1.61 bits per heavy atom. The number of fused-ring (bicyclic) bond motifs is 10. The summed E-state index contributed by atoms with van der Waals surface area (Å²) in [5.74, 6) is -5.40. The van der Waals surface area contributed by atoms with Gasteiger partial charge in [0.05, 0.1) is 72.8 Å². The number of carboxylic acids is 1. The van der Waals surface area contributed by atoms with Gasteiger partial charge in [-0.05, 0) is 105 Å². The van der Waals surface area contributed by atoms with Crippen molar-refractivity contribution < 1.29 is 91.9 Å². The molecule has 12 rings (SSSR count). The minimum absolute atomic E-state index is 0.00265. The fraction of sp³-hybridized carbons (Fsp3) is 0.431. The van der Waals surface area contributed by atoms with Crippen LogP contribution >= 0.6 is 0 Å². The highest BCUT2D eigenvalue weighted by molar-refractivity contribution is 6.00. The maximum atomic E-state index is 15.7. The van der Waals surface area contributed by atoms with Crippen LogP contribution < -0.4 is 36.5 Å². The Morgan fingerprint density at radius 3 is 2.37 bits per heavy atom. The average Bonchev–Trinajstić information content (AvgIpc) is 1.50. The number of nitrogens with one attached hydrogen (secondary N) is 4. The number of esters is 1. The number of nitrogens with zero attached hydrogens (tertiary/aromatic N) is 6. The zero-order valence-corrected chi connectivity index (χ0v) is 56.7. The molecule has 102 heavy (non-hydrogen) atoms. The van der Waals surface area contributed by atoms with Crippen LogP contribution in [0.4, 0.5) is 14.9 Å². The molecule has 3 aromatic heterocycles. The van der Waals surface area contributed by atoms with Gasteiger partial charge < -0.3 is 84.7 Å². The number of aryl methyl sites for hydroxylation is 1. The van der Waals surface area contributed by atoms with Crippen LogP contribution in [0.25, 0.3) is 44.8 Å². The minimum Gasteiger partial charge on any atom is -0.479 e. The standard InChI is InChI=1S/C72H79FN10O19/c1-6-72(96)46-28-52-59-44(33-82(52)67(91)45(46)35-99-70(72)94)58-48(21-20-41-37(4)47(73)29-49(77-59)57(41)58)78-71(95)100-34-38-19-22-53(101-69-64(89)62(87)63(88)65(102-69)68(92)93)40(27-38)30-75-66(90)50(31-74-54(84)23-24-98-26-25-97-5)76-55(85)17-11-12-18-56(86)81-32-39-13-7-8-14-42(39)61-60(79-80-83(61)36(2)3)43-15-9-10-16-51(43)81/h7-10,13-16,19,22,27-29,36,48,50,62-65,69,87-89,96H,6,11-12,17-18,20-21,23-26,30-35H2,1-5H3,(H,74,84)(H,75,90)(H,76,85)(H,78,95)(H,92,93)/t48-,50-,62-,63-,64+,65-,69+,72-/m0/s1. The number of aliphatic hydroxyl groups is 4. The number of aromatic nitrogens is 5. The van der Waals surface area contributed by atoms with E-state index in [-0.39, 0.29) is 141 Å². The molecule has 0 radical (unpaired) electrons. The molecule has 7 heterocycles. The van der Waals surface area contributed by atoms with E-state index in [1.807, 2.05) is 67.1 Å². The summed E-state index contributed by atoms with van der Waals surface area (Å²) in [5.41, 5.74) is 5.48. The van der Waals surface area contributed by atoms with Gasteiger partial charge in [0.2, 0.25) is 29.9 Å². The van der Waals surface area contributed by atoms with E-state index in [0.29, 0.717) is 45.4 Å². The second-order valence-electron chi connectivity index (χ2n) is 26.1. The Morgan fingerprint density at radius 1 is 0.843 bits per heavy atom. The lowest BCUT2D eigenvalue weighted by Gasteiger charge is -2.38. The van der Waals surface area contributed by atoms with Crippen LogP contribution in [0.15, 0.2) is 83.7 Å². The number of pyridine rings is 2. The van der Waals surface area contributed by atoms with Crippen molar-refractivity contribution in [2.75, 3.05) is 38.4 Å². The molecule has 1 fully saturated rings. The Hall–Kier alpha value is -10.1. The Kier molecular flexibility index (Phi) is 21.3. The van der Waals surface area contributed by atoms with Crippen LogP contribution in [-0.4, -0.2) is 162 Å². The number of rotatable bonds is 25. The Balaban J connectivity index is 0.759. The molecule has 538 valence electrons. The van der Waals surface area contributed by atoms with Crippen molar-refractivity contribution in [2.45, 2.75) is 166 Å². The van der Waals surface area contributed by atoms with E-state index in [9.17, 15) is 63.9 Å². The molecule has 8 atom stereocenters. The first-order valence-electron chi connectivity index (χ1n) is 33.8. The predicted octanol–water partition coefficient (Wildman–Crippen LogP) is 4.60. The number of aliphatic carboxylic acids is 1. The van der Waals surface area contributed by atoms with E-state index in [1.54, 1.807) is 18.7 Å². The number of alkyl carbamates (subject to hydrolysis) is 1. The summed E-state index contributed by atoms with van der Waals surface area (Å²) >= 11 is 0. The fourth-order valence-corrected chi connectivity index (χ4v) is 13.8. The van der Waals surface area contributed by atoms with Gasteiger partial charge in [0.1, 0.15) is 54.8 Å². The smallest absolute Gasteiger partial charge is 0.407 e. The second-order valence-corrected chi connectivity index (χ2v) is 26.1. The lowest BCUT2D eigenvalue weighted by Crippen LogP contribution is -2.61. The van der Waals surface area contributed by atoms with Crippen LogP contribution in [0.2, 0.25) is 0 Å². The molecule has 5 aliphatic rings. The fourth-order valence-electron chi connectivity index (χ4n) is 13.8. The number of methoxy groups -OCH3 is 1. The summed E-state index contributed by atoms with van der Waals surface area (Å²) in [5, 5.41) is 74.3. The third-order valence-corrected chi connectivity index (χ3v) is 19.3. The van der Waals surface area contributed by atoms with Crippen molar-refractivity contribution in [3.05, 3.63) is 145 Å². The van der Waals surface area contributed by atoms with E-state index in [1.165, 1.54) is 42.0 Å². The Bertz CT molecular complexity index is 4520. The van der Waals surface area contributed by atoms with Crippen LogP contribution in [0.3, 0.4) is 0 Å². The first-order valence-corrected chi connectivity index (χ1v) is 33.8. The molecule has 29 nitrogen and oxygen atoms in total. The quantitative estimate of drug-likeness (QED) is 0.0279. The number of anilines is 1. The summed E-state index contributed by atoms with van der Waals surface area (Å²) in [7, 11) is 1.50. The number of carboxylic acid groups (broad SMARTS) is 1. The number of carbonyl (C=O) groups excluding carboxylic acids is 6. The number of aliphatic hydroxyl groups excluding tert-OH is 3. The normalized spacial score (nSPS) is 20.3. The van der Waals surface area contributed by atoms with E-state index < -0.39 is 115 Å². The molecule has 0 saturated carbocycles. The third kappa shape index (κ3) is 14.2. The molecule has 5 amide bonds. The molecular formula is C72H79FN10O19. The summed E-state index contributed by atoms with van der Waals surface area (Å²) < 4.78 is 52.0. The zero-order chi connectivity index (χ0) is 72.4. The molecule has 1 saturated heterocycles. The molecule has 7 aromatic rings. The number of carbonyl (C=O) groups is 7. The second kappa shape index (κ2) is 30.2. The van der Waals surface area contributed by atoms with Gasteiger partial charge in [-0.1, -0.05) is 60.7 Å². The highest BCUT2D eigenvalue weighted by Crippen LogP contribution is 2.47. The van der Waals surface area contributed by atoms with Gasteiger partial charge >= 0.3 is 18.0 Å². The number of cyclic esters (lactones) is 1. The number of hydrogen-bond acceptors (Lipinski definition) is 21. The van der Waals surface area contributed by atoms with Gasteiger partial charge in [-0.3, -0.25) is 24.0 Å². The van der Waals surface area contributed by atoms with Crippen molar-refractivity contribution in [1.82, 2.24) is 45.8 Å². The summed E-state index contributed by atoms with van der Waals surface area (Å²) in [4.78, 5) is 116. The molecule has 0 bridgehead atoms. The number of benzene rings is 4. The maximum Gasteiger partial charge on any atom is 0.407 e. The van der Waals surface area contributed by atoms with E-state index >= 15 is 4.39 Å². The highest BCUT2D eigenvalue weighted by atomic mass is 19.1. The van der Waals surface area contributed by atoms with Crippen LogP contribution in [0, 0.1) is 12.7 Å². The van der Waals surface area contributed by atoms with Gasteiger partial charge in [0.25, 0.3) is 5.56 Å².